The van der Waals surface area contributed by atoms with Crippen LogP contribution >= 0.6 is 0 Å². The molecule has 326 valence electrons. The van der Waals surface area contributed by atoms with Gasteiger partial charge in [0.1, 0.15) is 12.4 Å². The highest BCUT2D eigenvalue weighted by atomic mass is 16.7. The molecule has 63 heavy (non-hydrogen) atoms. The van der Waals surface area contributed by atoms with Gasteiger partial charge in [0.2, 0.25) is 0 Å². The molecule has 5 aliphatic rings. The maximum absolute atomic E-state index is 14.2. The Morgan fingerprint density at radius 2 is 1.43 bits per heavy atom. The Kier molecular flexibility index (Phi) is 11.6. The fourth-order valence-corrected chi connectivity index (χ4v) is 8.42. The summed E-state index contributed by atoms with van der Waals surface area (Å²) in [5.41, 5.74) is 5.80. The molecule has 0 radical (unpaired) electrons. The number of amides is 4. The van der Waals surface area contributed by atoms with Crippen LogP contribution in [0.4, 0.5) is 22.7 Å². The largest absolute Gasteiger partial charge is 0.493 e. The Labute approximate surface area is 362 Å². The van der Waals surface area contributed by atoms with E-state index < -0.39 is 17.8 Å². The second-order valence-corrected chi connectivity index (χ2v) is 15.4. The van der Waals surface area contributed by atoms with Gasteiger partial charge in [0, 0.05) is 62.3 Å². The Bertz CT molecular complexity index is 2510. The summed E-state index contributed by atoms with van der Waals surface area (Å²) in [6.45, 7) is 1.45. The maximum atomic E-state index is 14.2. The van der Waals surface area contributed by atoms with Crippen molar-refractivity contribution in [2.24, 2.45) is 4.99 Å². The summed E-state index contributed by atoms with van der Waals surface area (Å²) < 4.78 is 35.1. The molecule has 9 rings (SSSR count). The molecule has 5 heterocycles. The number of benzene rings is 4. The van der Waals surface area contributed by atoms with Gasteiger partial charge in [-0.25, -0.2) is 4.79 Å². The van der Waals surface area contributed by atoms with Crippen LogP contribution in [0.2, 0.25) is 0 Å². The molecule has 17 heteroatoms. The van der Waals surface area contributed by atoms with Crippen molar-refractivity contribution < 1.29 is 57.2 Å². The number of anilines is 3. The van der Waals surface area contributed by atoms with Crippen LogP contribution in [0.1, 0.15) is 57.5 Å². The van der Waals surface area contributed by atoms with E-state index in [4.69, 9.17) is 33.3 Å². The first kappa shape index (κ1) is 41.2. The van der Waals surface area contributed by atoms with Crippen LogP contribution in [-0.4, -0.2) is 107 Å². The number of rotatable bonds is 16. The van der Waals surface area contributed by atoms with Crippen LogP contribution in [0.5, 0.6) is 28.7 Å². The predicted molar refractivity (Wildman–Crippen MR) is 228 cm³/mol. The van der Waals surface area contributed by atoms with E-state index in [-0.39, 0.29) is 76.2 Å². The SMILES string of the molecule is COc1cc2c(cc1OCCCOc1cc3c(cc1OC)C(=O)N1c4cc(OCCOCCC(=O)ON5C(=O)CCC5=O)ccc4C[C@H]1CN3)N=C[C@@H]1Cc3ccccc3N1C2=O. The first-order valence-corrected chi connectivity index (χ1v) is 20.8. The van der Waals surface area contributed by atoms with Crippen molar-refractivity contribution in [1.82, 2.24) is 5.06 Å². The Morgan fingerprint density at radius 3 is 2.21 bits per heavy atom. The molecule has 0 unspecified atom stereocenters. The normalized spacial score (nSPS) is 18.0. The minimum Gasteiger partial charge on any atom is -0.493 e. The Hall–Kier alpha value is -7.14. The lowest BCUT2D eigenvalue weighted by Crippen LogP contribution is -2.39. The highest BCUT2D eigenvalue weighted by Crippen LogP contribution is 2.43. The second-order valence-electron chi connectivity index (χ2n) is 15.4. The second kappa shape index (κ2) is 17.7. The number of carbonyl (C=O) groups is 5. The van der Waals surface area contributed by atoms with E-state index in [1.807, 2.05) is 48.7 Å². The molecule has 2 atom stereocenters. The summed E-state index contributed by atoms with van der Waals surface area (Å²) in [5.74, 6) is 0.192. The van der Waals surface area contributed by atoms with Crippen molar-refractivity contribution >= 4 is 58.6 Å². The molecular weight excluding hydrogens is 815 g/mol. The molecule has 0 spiro atoms. The van der Waals surface area contributed by atoms with Gasteiger partial charge in [-0.3, -0.25) is 29.1 Å². The lowest BCUT2D eigenvalue weighted by molar-refractivity contribution is -0.198. The maximum Gasteiger partial charge on any atom is 0.335 e. The zero-order chi connectivity index (χ0) is 43.6. The molecule has 0 aromatic heterocycles. The molecule has 1 saturated heterocycles. The molecule has 0 aliphatic carbocycles. The monoisotopic (exact) mass is 859 g/mol. The van der Waals surface area contributed by atoms with E-state index in [1.54, 1.807) is 34.1 Å². The molecule has 4 aromatic rings. The van der Waals surface area contributed by atoms with Gasteiger partial charge in [0.05, 0.1) is 87.3 Å². The third-order valence-electron chi connectivity index (χ3n) is 11.5. The molecule has 0 bridgehead atoms. The number of carbonyl (C=O) groups excluding carboxylic acids is 5. The van der Waals surface area contributed by atoms with Crippen LogP contribution in [-0.2, 0) is 36.8 Å². The zero-order valence-corrected chi connectivity index (χ0v) is 34.8. The van der Waals surface area contributed by atoms with Crippen molar-refractivity contribution in [2.75, 3.05) is 68.9 Å². The van der Waals surface area contributed by atoms with Crippen molar-refractivity contribution in [3.05, 3.63) is 89.0 Å². The van der Waals surface area contributed by atoms with Crippen LogP contribution in [0.3, 0.4) is 0 Å². The fourth-order valence-electron chi connectivity index (χ4n) is 8.42. The predicted octanol–water partition coefficient (Wildman–Crippen LogP) is 5.23. The molecular formula is C46H45N5O12. The van der Waals surface area contributed by atoms with Gasteiger partial charge in [0.25, 0.3) is 23.6 Å². The van der Waals surface area contributed by atoms with E-state index in [9.17, 15) is 24.0 Å². The quantitative estimate of drug-likeness (QED) is 0.114. The smallest absolute Gasteiger partial charge is 0.335 e. The molecule has 0 saturated carbocycles. The summed E-state index contributed by atoms with van der Waals surface area (Å²) in [6, 6.07) is 20.1. The number of hydroxylamine groups is 2. The minimum atomic E-state index is -0.738. The number of ether oxygens (including phenoxy) is 6. The van der Waals surface area contributed by atoms with E-state index in [0.717, 1.165) is 22.5 Å². The third kappa shape index (κ3) is 8.18. The van der Waals surface area contributed by atoms with Crippen molar-refractivity contribution in [3.8, 4) is 28.7 Å². The van der Waals surface area contributed by atoms with E-state index in [1.165, 1.54) is 14.2 Å². The lowest BCUT2D eigenvalue weighted by atomic mass is 10.1. The fraction of sp³-hybridized carbons (Fsp3) is 0.348. The average Bonchev–Trinajstić information content (AvgIpc) is 3.90. The molecule has 4 amide bonds. The van der Waals surface area contributed by atoms with Gasteiger partial charge in [0.15, 0.2) is 23.0 Å². The van der Waals surface area contributed by atoms with Gasteiger partial charge in [-0.05, 0) is 41.8 Å². The van der Waals surface area contributed by atoms with Crippen molar-refractivity contribution in [3.63, 3.8) is 0 Å². The summed E-state index contributed by atoms with van der Waals surface area (Å²) in [7, 11) is 3.06. The van der Waals surface area contributed by atoms with Crippen molar-refractivity contribution in [1.29, 1.82) is 0 Å². The Morgan fingerprint density at radius 1 is 0.714 bits per heavy atom. The number of hydrogen-bond donors (Lipinski definition) is 1. The number of hydrogen-bond acceptors (Lipinski definition) is 14. The van der Waals surface area contributed by atoms with Crippen LogP contribution < -0.4 is 38.8 Å². The number of imide groups is 1. The Balaban J connectivity index is 0.781. The average molecular weight is 860 g/mol. The lowest BCUT2D eigenvalue weighted by Gasteiger charge is -2.23. The molecule has 5 aliphatic heterocycles. The van der Waals surface area contributed by atoms with Gasteiger partial charge in [-0.15, -0.1) is 5.06 Å². The van der Waals surface area contributed by atoms with Gasteiger partial charge in [-0.2, -0.15) is 0 Å². The number of fused-ring (bicyclic) bond motifs is 8. The number of aliphatic imine (C=N–C) groups is 1. The standard InChI is InChI=1S/C46H45N5O12/c1-57-38-21-32-34(47-25-29-18-27-6-3-4-7-36(27)49(29)45(32)55)23-40(38)61-13-5-14-62-41-24-35-33(22-39(41)58-2)46(56)50-30(26-48-35)19-28-8-9-31(20-37(28)50)60-17-16-59-15-12-44(54)63-51-42(52)10-11-43(51)53/h3-4,6-9,20-25,29-30,48H,5,10-19,26H2,1-2H3/t29-,30-/m0/s1. The summed E-state index contributed by atoms with van der Waals surface area (Å²) >= 11 is 0. The zero-order valence-electron chi connectivity index (χ0n) is 34.8. The van der Waals surface area contributed by atoms with E-state index >= 15 is 0 Å². The summed E-state index contributed by atoms with van der Waals surface area (Å²) in [6.07, 6.45) is 3.60. The number of methoxy groups -OCH3 is 2. The van der Waals surface area contributed by atoms with Gasteiger partial charge >= 0.3 is 5.97 Å². The first-order valence-electron chi connectivity index (χ1n) is 20.8. The number of para-hydroxylation sites is 1. The third-order valence-corrected chi connectivity index (χ3v) is 11.5. The van der Waals surface area contributed by atoms with E-state index in [0.29, 0.717) is 82.1 Å². The van der Waals surface area contributed by atoms with E-state index in [2.05, 4.69) is 10.3 Å². The minimum absolute atomic E-state index is 0.0202. The highest BCUT2D eigenvalue weighted by molar-refractivity contribution is 6.15. The van der Waals surface area contributed by atoms with Crippen LogP contribution in [0, 0.1) is 0 Å². The van der Waals surface area contributed by atoms with Crippen LogP contribution in [0.25, 0.3) is 0 Å². The summed E-state index contributed by atoms with van der Waals surface area (Å²) in [4.78, 5) is 76.4. The van der Waals surface area contributed by atoms with Crippen LogP contribution in [0.15, 0.2) is 71.7 Å². The molecule has 4 aromatic carbocycles. The molecule has 17 nitrogen and oxygen atoms in total. The molecule has 1 fully saturated rings. The first-order chi connectivity index (χ1) is 30.7. The van der Waals surface area contributed by atoms with Gasteiger partial charge in [-0.1, -0.05) is 24.3 Å². The van der Waals surface area contributed by atoms with Crippen molar-refractivity contribution in [2.45, 2.75) is 50.6 Å². The molecule has 1 N–H and O–H groups in total. The number of nitrogens with one attached hydrogen (secondary N) is 1. The topological polar surface area (TPSA) is 184 Å². The number of nitrogens with zero attached hydrogens (tertiary/aromatic N) is 4. The summed E-state index contributed by atoms with van der Waals surface area (Å²) in [5, 5.41) is 3.96. The highest BCUT2D eigenvalue weighted by Gasteiger charge is 2.39. The van der Waals surface area contributed by atoms with Gasteiger partial charge < -0.3 is 43.5 Å².